The van der Waals surface area contributed by atoms with Crippen LogP contribution in [0.3, 0.4) is 0 Å². The summed E-state index contributed by atoms with van der Waals surface area (Å²) in [4.78, 5) is 13.1. The Bertz CT molecular complexity index is 489. The molecule has 0 amide bonds. The molecular formula is C13H20N2O4S. The quantitative estimate of drug-likeness (QED) is 0.659. The van der Waals surface area contributed by atoms with Crippen LogP contribution in [0.1, 0.15) is 43.6 Å². The van der Waals surface area contributed by atoms with Crippen molar-refractivity contribution in [2.75, 3.05) is 11.9 Å². The fourth-order valence-electron chi connectivity index (χ4n) is 2.67. The van der Waals surface area contributed by atoms with E-state index in [-0.39, 0.29) is 11.7 Å². The minimum absolute atomic E-state index is 0.00572. The Morgan fingerprint density at radius 1 is 1.50 bits per heavy atom. The molecule has 0 saturated heterocycles. The molecule has 112 valence electrons. The lowest BCUT2D eigenvalue weighted by atomic mass is 9.92. The molecule has 1 heterocycles. The summed E-state index contributed by atoms with van der Waals surface area (Å²) in [5.41, 5.74) is 0.00572. The third-order valence-corrected chi connectivity index (χ3v) is 5.22. The van der Waals surface area contributed by atoms with Crippen molar-refractivity contribution in [3.63, 3.8) is 0 Å². The summed E-state index contributed by atoms with van der Waals surface area (Å²) in [5, 5.41) is 31.4. The molecule has 3 unspecified atom stereocenters. The Labute approximate surface area is 121 Å². The fourth-order valence-corrected chi connectivity index (χ4v) is 3.76. The zero-order valence-corrected chi connectivity index (χ0v) is 12.5. The predicted octanol–water partition coefficient (Wildman–Crippen LogP) is 2.45. The van der Waals surface area contributed by atoms with E-state index in [2.05, 4.69) is 0 Å². The number of hydrogen-bond acceptors (Lipinski definition) is 6. The van der Waals surface area contributed by atoms with Crippen molar-refractivity contribution < 1.29 is 15.1 Å². The molecule has 2 rings (SSSR count). The monoisotopic (exact) mass is 300 g/mol. The minimum Gasteiger partial charge on any atom is -0.391 e. The third-order valence-electron chi connectivity index (χ3n) is 3.83. The second-order valence-electron chi connectivity index (χ2n) is 5.30. The van der Waals surface area contributed by atoms with E-state index in [0.717, 1.165) is 25.7 Å². The van der Waals surface area contributed by atoms with Crippen LogP contribution in [-0.2, 0) is 0 Å². The van der Waals surface area contributed by atoms with E-state index in [4.69, 9.17) is 0 Å². The lowest BCUT2D eigenvalue weighted by Gasteiger charge is -2.35. The molecule has 1 aliphatic rings. The maximum Gasteiger partial charge on any atom is 0.304 e. The van der Waals surface area contributed by atoms with Gasteiger partial charge in [0.25, 0.3) is 0 Å². The van der Waals surface area contributed by atoms with Crippen LogP contribution >= 0.6 is 11.3 Å². The first kappa shape index (κ1) is 15.2. The van der Waals surface area contributed by atoms with Crippen molar-refractivity contribution in [1.29, 1.82) is 0 Å². The van der Waals surface area contributed by atoms with Gasteiger partial charge in [-0.2, -0.15) is 0 Å². The Kier molecular flexibility index (Phi) is 4.62. The SMILES string of the molecule is CC(O)c1cc([N+](=O)[O-])c(N(C)C2CCCCC2O)s1. The molecule has 1 aliphatic carbocycles. The van der Waals surface area contributed by atoms with Gasteiger partial charge in [-0.15, -0.1) is 11.3 Å². The molecule has 1 saturated carbocycles. The average molecular weight is 300 g/mol. The van der Waals surface area contributed by atoms with Gasteiger partial charge in [-0.25, -0.2) is 0 Å². The van der Waals surface area contributed by atoms with Gasteiger partial charge in [0, 0.05) is 18.0 Å². The van der Waals surface area contributed by atoms with Crippen LogP contribution in [0, 0.1) is 10.1 Å². The van der Waals surface area contributed by atoms with Gasteiger partial charge in [-0.05, 0) is 19.8 Å². The van der Waals surface area contributed by atoms with Gasteiger partial charge in [0.15, 0.2) is 5.00 Å². The average Bonchev–Trinajstić information content (AvgIpc) is 2.84. The van der Waals surface area contributed by atoms with Gasteiger partial charge in [-0.1, -0.05) is 12.8 Å². The van der Waals surface area contributed by atoms with E-state index < -0.39 is 17.1 Å². The van der Waals surface area contributed by atoms with Gasteiger partial charge in [0.05, 0.1) is 23.2 Å². The van der Waals surface area contributed by atoms with Crippen LogP contribution in [0.2, 0.25) is 0 Å². The number of anilines is 1. The normalized spacial score (nSPS) is 24.4. The van der Waals surface area contributed by atoms with Gasteiger partial charge >= 0.3 is 5.69 Å². The summed E-state index contributed by atoms with van der Waals surface area (Å²) in [5.74, 6) is 0. The first-order chi connectivity index (χ1) is 9.41. The maximum absolute atomic E-state index is 11.2. The van der Waals surface area contributed by atoms with Crippen molar-refractivity contribution in [2.24, 2.45) is 0 Å². The lowest BCUT2D eigenvalue weighted by Crippen LogP contribution is -2.43. The summed E-state index contributed by atoms with van der Waals surface area (Å²) in [6.45, 7) is 1.59. The Balaban J connectivity index is 2.32. The lowest BCUT2D eigenvalue weighted by molar-refractivity contribution is -0.383. The first-order valence-corrected chi connectivity index (χ1v) is 7.60. The van der Waals surface area contributed by atoms with E-state index in [0.29, 0.717) is 9.88 Å². The molecule has 0 aliphatic heterocycles. The summed E-state index contributed by atoms with van der Waals surface area (Å²) >= 11 is 1.22. The number of nitrogens with zero attached hydrogens (tertiary/aromatic N) is 2. The van der Waals surface area contributed by atoms with E-state index in [1.807, 2.05) is 0 Å². The second kappa shape index (κ2) is 6.07. The fraction of sp³-hybridized carbons (Fsp3) is 0.692. The van der Waals surface area contributed by atoms with Crippen LogP contribution in [-0.4, -0.2) is 34.3 Å². The van der Waals surface area contributed by atoms with Crippen LogP contribution in [0.25, 0.3) is 0 Å². The van der Waals surface area contributed by atoms with Crippen molar-refractivity contribution in [2.45, 2.75) is 50.9 Å². The Morgan fingerprint density at radius 3 is 2.70 bits per heavy atom. The third kappa shape index (κ3) is 2.94. The van der Waals surface area contributed by atoms with E-state index in [9.17, 15) is 20.3 Å². The topological polar surface area (TPSA) is 86.8 Å². The Hall–Kier alpha value is -1.18. The molecule has 20 heavy (non-hydrogen) atoms. The largest absolute Gasteiger partial charge is 0.391 e. The first-order valence-electron chi connectivity index (χ1n) is 6.79. The number of rotatable bonds is 4. The number of likely N-dealkylation sites (N-methyl/N-ethyl adjacent to an activating group) is 1. The second-order valence-corrected chi connectivity index (χ2v) is 6.36. The zero-order chi connectivity index (χ0) is 14.9. The summed E-state index contributed by atoms with van der Waals surface area (Å²) in [7, 11) is 1.78. The highest BCUT2D eigenvalue weighted by Crippen LogP contribution is 2.41. The molecule has 0 bridgehead atoms. The van der Waals surface area contributed by atoms with Crippen molar-refractivity contribution >= 4 is 22.0 Å². The van der Waals surface area contributed by atoms with E-state index in [1.165, 1.54) is 17.4 Å². The van der Waals surface area contributed by atoms with Gasteiger partial charge in [-0.3, -0.25) is 10.1 Å². The molecule has 3 atom stereocenters. The van der Waals surface area contributed by atoms with Gasteiger partial charge in [0.2, 0.25) is 0 Å². The molecule has 7 heteroatoms. The van der Waals surface area contributed by atoms with Crippen LogP contribution in [0.4, 0.5) is 10.7 Å². The highest BCUT2D eigenvalue weighted by Gasteiger charge is 2.32. The van der Waals surface area contributed by atoms with Gasteiger partial charge in [0.1, 0.15) is 0 Å². The molecular weight excluding hydrogens is 280 g/mol. The van der Waals surface area contributed by atoms with E-state index in [1.54, 1.807) is 18.9 Å². The van der Waals surface area contributed by atoms with Crippen LogP contribution < -0.4 is 4.90 Å². The summed E-state index contributed by atoms with van der Waals surface area (Å²) in [6, 6.07) is 1.33. The summed E-state index contributed by atoms with van der Waals surface area (Å²) in [6.07, 6.45) is 2.40. The molecule has 0 aromatic carbocycles. The maximum atomic E-state index is 11.2. The number of aliphatic hydroxyl groups excluding tert-OH is 2. The molecule has 2 N–H and O–H groups in total. The van der Waals surface area contributed by atoms with Crippen molar-refractivity contribution in [3.8, 4) is 0 Å². The molecule has 0 spiro atoms. The molecule has 1 aromatic rings. The number of hydrogen-bond donors (Lipinski definition) is 2. The predicted molar refractivity (Wildman–Crippen MR) is 78.3 cm³/mol. The van der Waals surface area contributed by atoms with Crippen LogP contribution in [0.5, 0.6) is 0 Å². The standard InChI is InChI=1S/C13H20N2O4S/c1-8(16)12-7-10(15(18)19)13(20-12)14(2)9-5-3-4-6-11(9)17/h7-9,11,16-17H,3-6H2,1-2H3. The number of nitro groups is 1. The molecule has 6 nitrogen and oxygen atoms in total. The number of thiophene rings is 1. The minimum atomic E-state index is -0.725. The van der Waals surface area contributed by atoms with E-state index >= 15 is 0 Å². The highest BCUT2D eigenvalue weighted by molar-refractivity contribution is 7.16. The Morgan fingerprint density at radius 2 is 2.15 bits per heavy atom. The summed E-state index contributed by atoms with van der Waals surface area (Å²) < 4.78 is 0. The molecule has 1 aromatic heterocycles. The highest BCUT2D eigenvalue weighted by atomic mass is 32.1. The number of aliphatic hydroxyl groups is 2. The van der Waals surface area contributed by atoms with Crippen molar-refractivity contribution in [1.82, 2.24) is 0 Å². The zero-order valence-electron chi connectivity index (χ0n) is 11.7. The van der Waals surface area contributed by atoms with Crippen LogP contribution in [0.15, 0.2) is 6.07 Å². The van der Waals surface area contributed by atoms with Crippen molar-refractivity contribution in [3.05, 3.63) is 21.1 Å². The van der Waals surface area contributed by atoms with Gasteiger partial charge < -0.3 is 15.1 Å². The molecule has 0 radical (unpaired) electrons. The molecule has 1 fully saturated rings. The smallest absolute Gasteiger partial charge is 0.304 e.